The second-order valence-corrected chi connectivity index (χ2v) is 5.42. The lowest BCUT2D eigenvalue weighted by molar-refractivity contribution is -0.114. The number of nitrogens with one attached hydrogen (secondary N) is 1. The molecule has 1 amide bonds. The van der Waals surface area contributed by atoms with Crippen LogP contribution in [0.1, 0.15) is 0 Å². The van der Waals surface area contributed by atoms with Crippen molar-refractivity contribution >= 4 is 51.3 Å². The zero-order chi connectivity index (χ0) is 13.1. The van der Waals surface area contributed by atoms with Crippen LogP contribution in [0.4, 0.5) is 10.8 Å². The molecule has 0 aliphatic rings. The molecule has 0 atom stereocenters. The monoisotopic (exact) mass is 301 g/mol. The number of nitrogens with two attached hydrogens (primary N) is 1. The summed E-state index contributed by atoms with van der Waals surface area (Å²) in [5.41, 5.74) is 7.92. The molecule has 2 aromatic rings. The van der Waals surface area contributed by atoms with Crippen molar-refractivity contribution in [2.45, 2.75) is 4.84 Å². The molecule has 7 heteroatoms. The predicted molar refractivity (Wildman–Crippen MR) is 76.1 cm³/mol. The molecule has 0 radical (unpaired) electrons. The van der Waals surface area contributed by atoms with Gasteiger partial charge in [-0.1, -0.05) is 35.3 Å². The summed E-state index contributed by atoms with van der Waals surface area (Å²) in [6, 6.07) is 7.17. The molecule has 0 unspecified atom stereocenters. The van der Waals surface area contributed by atoms with E-state index >= 15 is 0 Å². The summed E-state index contributed by atoms with van der Waals surface area (Å²) >= 11 is 12.3. The molecule has 0 fully saturated rings. The molecule has 2 rings (SSSR count). The fourth-order valence-electron chi connectivity index (χ4n) is 1.34. The maximum Gasteiger partial charge on any atom is 0.257 e. The number of halogens is 2. The average molecular weight is 302 g/mol. The molecule has 1 heterocycles. The van der Waals surface area contributed by atoms with E-state index in [9.17, 15) is 4.79 Å². The fraction of sp³-hybridized carbons (Fsp3) is 0.0909. The van der Waals surface area contributed by atoms with E-state index in [0.29, 0.717) is 10.8 Å². The van der Waals surface area contributed by atoms with Crippen molar-refractivity contribution in [2.75, 3.05) is 11.1 Å². The van der Waals surface area contributed by atoms with Gasteiger partial charge in [-0.15, -0.1) is 11.3 Å². The van der Waals surface area contributed by atoms with Crippen LogP contribution in [0, 0.1) is 0 Å². The van der Waals surface area contributed by atoms with E-state index in [1.165, 1.54) is 11.3 Å². The molecule has 1 aromatic carbocycles. The average Bonchev–Trinajstić information content (AvgIpc) is 2.76. The van der Waals surface area contributed by atoms with E-state index in [-0.39, 0.29) is 0 Å². The summed E-state index contributed by atoms with van der Waals surface area (Å²) in [5.74, 6) is -0.455. The summed E-state index contributed by atoms with van der Waals surface area (Å²) in [4.78, 5) is 14.4. The standard InChI is InChI=1S/C11H9Cl2N3OS/c12-9(13)10(17)15-7-3-1-6(2-4-7)8-5-18-11(14)16-8/h1-5,9H,(H2,14,16)(H,15,17). The number of anilines is 2. The number of benzene rings is 1. The Morgan fingerprint density at radius 1 is 1.33 bits per heavy atom. The maximum atomic E-state index is 11.3. The lowest BCUT2D eigenvalue weighted by atomic mass is 10.1. The van der Waals surface area contributed by atoms with Gasteiger partial charge in [0.1, 0.15) is 0 Å². The molecule has 1 aromatic heterocycles. The summed E-state index contributed by atoms with van der Waals surface area (Å²) in [7, 11) is 0. The molecular weight excluding hydrogens is 293 g/mol. The smallest absolute Gasteiger partial charge is 0.257 e. The number of hydrogen-bond donors (Lipinski definition) is 2. The second kappa shape index (κ2) is 5.56. The number of nitrogen functional groups attached to an aromatic ring is 1. The third-order valence-electron chi connectivity index (χ3n) is 2.17. The first-order chi connectivity index (χ1) is 8.56. The van der Waals surface area contributed by atoms with E-state index in [1.807, 2.05) is 17.5 Å². The van der Waals surface area contributed by atoms with Crippen molar-refractivity contribution in [1.29, 1.82) is 0 Å². The number of aromatic nitrogens is 1. The number of rotatable bonds is 3. The number of hydrogen-bond acceptors (Lipinski definition) is 4. The highest BCUT2D eigenvalue weighted by atomic mass is 35.5. The van der Waals surface area contributed by atoms with Crippen LogP contribution in [0.25, 0.3) is 11.3 Å². The second-order valence-electron chi connectivity index (χ2n) is 3.44. The lowest BCUT2D eigenvalue weighted by Gasteiger charge is -2.05. The molecular formula is C11H9Cl2N3OS. The topological polar surface area (TPSA) is 68.0 Å². The number of alkyl halides is 2. The van der Waals surface area contributed by atoms with Crippen LogP contribution in [0.3, 0.4) is 0 Å². The minimum Gasteiger partial charge on any atom is -0.375 e. The summed E-state index contributed by atoms with van der Waals surface area (Å²) in [5, 5.41) is 4.97. The first kappa shape index (κ1) is 13.1. The Balaban J connectivity index is 2.13. The van der Waals surface area contributed by atoms with E-state index in [2.05, 4.69) is 10.3 Å². The molecule has 0 saturated carbocycles. The van der Waals surface area contributed by atoms with Crippen LogP contribution in [-0.2, 0) is 4.79 Å². The van der Waals surface area contributed by atoms with Crippen LogP contribution in [0.2, 0.25) is 0 Å². The van der Waals surface area contributed by atoms with Crippen molar-refractivity contribution in [3.8, 4) is 11.3 Å². The third kappa shape index (κ3) is 3.13. The SMILES string of the molecule is Nc1nc(-c2ccc(NC(=O)C(Cl)Cl)cc2)cs1. The Kier molecular flexibility index (Phi) is 4.06. The molecule has 0 aliphatic carbocycles. The molecule has 3 N–H and O–H groups in total. The summed E-state index contributed by atoms with van der Waals surface area (Å²) < 4.78 is 0. The molecule has 0 spiro atoms. The van der Waals surface area contributed by atoms with Gasteiger partial charge in [0.25, 0.3) is 5.91 Å². The van der Waals surface area contributed by atoms with E-state index in [4.69, 9.17) is 28.9 Å². The normalized spacial score (nSPS) is 10.6. The van der Waals surface area contributed by atoms with Crippen LogP contribution >= 0.6 is 34.5 Å². The number of carbonyl (C=O) groups is 1. The Morgan fingerprint density at radius 3 is 2.50 bits per heavy atom. The Hall–Kier alpha value is -1.30. The van der Waals surface area contributed by atoms with Crippen molar-refractivity contribution in [3.63, 3.8) is 0 Å². The van der Waals surface area contributed by atoms with Crippen LogP contribution in [-0.4, -0.2) is 15.7 Å². The van der Waals surface area contributed by atoms with E-state index < -0.39 is 10.7 Å². The van der Waals surface area contributed by atoms with Gasteiger partial charge in [0.15, 0.2) is 9.97 Å². The third-order valence-corrected chi connectivity index (χ3v) is 3.24. The molecule has 0 aliphatic heterocycles. The molecule has 0 saturated heterocycles. The van der Waals surface area contributed by atoms with Crippen LogP contribution in [0.15, 0.2) is 29.6 Å². The first-order valence-electron chi connectivity index (χ1n) is 4.96. The summed E-state index contributed by atoms with van der Waals surface area (Å²) in [6.45, 7) is 0. The van der Waals surface area contributed by atoms with Gasteiger partial charge in [-0.3, -0.25) is 4.79 Å². The zero-order valence-corrected chi connectivity index (χ0v) is 11.4. The van der Waals surface area contributed by atoms with E-state index in [0.717, 1.165) is 11.3 Å². The quantitative estimate of drug-likeness (QED) is 0.856. The van der Waals surface area contributed by atoms with Gasteiger partial charge >= 0.3 is 0 Å². The highest BCUT2D eigenvalue weighted by Crippen LogP contribution is 2.24. The van der Waals surface area contributed by atoms with Gasteiger partial charge in [-0.2, -0.15) is 0 Å². The number of carbonyl (C=O) groups excluding carboxylic acids is 1. The van der Waals surface area contributed by atoms with Crippen molar-refractivity contribution in [1.82, 2.24) is 4.98 Å². The van der Waals surface area contributed by atoms with Crippen molar-refractivity contribution in [3.05, 3.63) is 29.6 Å². The minimum absolute atomic E-state index is 0.455. The predicted octanol–water partition coefficient (Wildman–Crippen LogP) is 3.13. The maximum absolute atomic E-state index is 11.3. The van der Waals surface area contributed by atoms with Crippen molar-refractivity contribution < 1.29 is 4.79 Å². The molecule has 94 valence electrons. The lowest BCUT2D eigenvalue weighted by Crippen LogP contribution is -2.18. The van der Waals surface area contributed by atoms with Gasteiger partial charge in [0.05, 0.1) is 5.69 Å². The van der Waals surface area contributed by atoms with Gasteiger partial charge in [-0.05, 0) is 12.1 Å². The highest BCUT2D eigenvalue weighted by Gasteiger charge is 2.11. The summed E-state index contributed by atoms with van der Waals surface area (Å²) in [6.07, 6.45) is 0. The molecule has 4 nitrogen and oxygen atoms in total. The Labute approximate surface area is 118 Å². The van der Waals surface area contributed by atoms with Gasteiger partial charge in [-0.25, -0.2) is 4.98 Å². The van der Waals surface area contributed by atoms with E-state index in [1.54, 1.807) is 12.1 Å². The highest BCUT2D eigenvalue weighted by molar-refractivity contribution is 7.13. The van der Waals surface area contributed by atoms with Crippen LogP contribution < -0.4 is 11.1 Å². The van der Waals surface area contributed by atoms with Gasteiger partial charge < -0.3 is 11.1 Å². The number of thiazole rings is 1. The fourth-order valence-corrected chi connectivity index (χ4v) is 2.02. The molecule has 0 bridgehead atoms. The Bertz CT molecular complexity index is 554. The van der Waals surface area contributed by atoms with Crippen molar-refractivity contribution in [2.24, 2.45) is 0 Å². The number of amides is 1. The first-order valence-corrected chi connectivity index (χ1v) is 6.72. The largest absolute Gasteiger partial charge is 0.375 e. The van der Waals surface area contributed by atoms with Gasteiger partial charge in [0.2, 0.25) is 0 Å². The Morgan fingerprint density at radius 2 is 2.00 bits per heavy atom. The molecule has 18 heavy (non-hydrogen) atoms. The number of nitrogens with zero attached hydrogens (tertiary/aromatic N) is 1. The minimum atomic E-state index is -1.08. The zero-order valence-electron chi connectivity index (χ0n) is 9.06. The van der Waals surface area contributed by atoms with Gasteiger partial charge in [0, 0.05) is 16.6 Å². The van der Waals surface area contributed by atoms with Crippen LogP contribution in [0.5, 0.6) is 0 Å².